The van der Waals surface area contributed by atoms with Gasteiger partial charge in [0, 0.05) is 6.42 Å². The predicted molar refractivity (Wildman–Crippen MR) is 77.8 cm³/mol. The summed E-state index contributed by atoms with van der Waals surface area (Å²) in [5.74, 6) is 1.73. The Hall–Kier alpha value is -1.31. The molecule has 0 radical (unpaired) electrons. The Morgan fingerprint density at radius 3 is 2.61 bits per heavy atom. The molecule has 0 aliphatic carbocycles. The summed E-state index contributed by atoms with van der Waals surface area (Å²) in [5.41, 5.74) is 3.95. The Kier molecular flexibility index (Phi) is 3.47. The van der Waals surface area contributed by atoms with Gasteiger partial charge in [0.2, 0.25) is 0 Å². The van der Waals surface area contributed by atoms with Crippen LogP contribution in [0.25, 0.3) is 11.0 Å². The van der Waals surface area contributed by atoms with Crippen molar-refractivity contribution in [1.29, 1.82) is 0 Å². The smallest absolute Gasteiger partial charge is 0.107 e. The van der Waals surface area contributed by atoms with Gasteiger partial charge in [-0.1, -0.05) is 40.7 Å². The molecule has 1 heterocycles. The van der Waals surface area contributed by atoms with Crippen molar-refractivity contribution in [2.45, 2.75) is 47.5 Å². The average molecular weight is 244 g/mol. The van der Waals surface area contributed by atoms with E-state index in [2.05, 4.69) is 62.8 Å². The number of aromatic amines is 1. The molecule has 0 saturated heterocycles. The van der Waals surface area contributed by atoms with Crippen LogP contribution in [0.15, 0.2) is 18.2 Å². The molecule has 0 bridgehead atoms. The van der Waals surface area contributed by atoms with Crippen LogP contribution < -0.4 is 0 Å². The minimum absolute atomic E-state index is 0.327. The van der Waals surface area contributed by atoms with Crippen molar-refractivity contribution < 1.29 is 0 Å². The van der Waals surface area contributed by atoms with Crippen LogP contribution in [0.1, 0.15) is 46.0 Å². The summed E-state index contributed by atoms with van der Waals surface area (Å²) in [6, 6.07) is 6.50. The standard InChI is InChI=1S/C16H24N2/c1-6-12-7-8-13-14(10-12)18-15(17-13)9-11(2)16(3,4)5/h7-8,10-11H,6,9H2,1-5H3,(H,17,18). The van der Waals surface area contributed by atoms with E-state index in [1.54, 1.807) is 0 Å². The molecular formula is C16H24N2. The van der Waals surface area contributed by atoms with Gasteiger partial charge in [-0.3, -0.25) is 0 Å². The first-order chi connectivity index (χ1) is 8.40. The molecule has 1 N–H and O–H groups in total. The number of hydrogen-bond acceptors (Lipinski definition) is 1. The molecule has 2 rings (SSSR count). The molecular weight excluding hydrogens is 220 g/mol. The first-order valence-electron chi connectivity index (χ1n) is 6.87. The number of imidazole rings is 1. The van der Waals surface area contributed by atoms with Gasteiger partial charge in [-0.05, 0) is 35.4 Å². The van der Waals surface area contributed by atoms with Crippen LogP contribution in [0.4, 0.5) is 0 Å². The van der Waals surface area contributed by atoms with Gasteiger partial charge >= 0.3 is 0 Å². The number of benzene rings is 1. The molecule has 0 fully saturated rings. The third kappa shape index (κ3) is 2.74. The summed E-state index contributed by atoms with van der Waals surface area (Å²) in [4.78, 5) is 8.15. The number of rotatable bonds is 3. The van der Waals surface area contributed by atoms with Crippen LogP contribution in [-0.4, -0.2) is 9.97 Å². The van der Waals surface area contributed by atoms with Gasteiger partial charge in [0.1, 0.15) is 5.82 Å². The third-order valence-corrected chi connectivity index (χ3v) is 3.98. The first-order valence-corrected chi connectivity index (χ1v) is 6.87. The Morgan fingerprint density at radius 2 is 2.00 bits per heavy atom. The molecule has 0 amide bonds. The number of hydrogen-bond donors (Lipinski definition) is 1. The van der Waals surface area contributed by atoms with Gasteiger partial charge in [-0.15, -0.1) is 0 Å². The number of H-pyrrole nitrogens is 1. The van der Waals surface area contributed by atoms with Gasteiger partial charge in [-0.25, -0.2) is 4.98 Å². The van der Waals surface area contributed by atoms with Crippen molar-refractivity contribution in [1.82, 2.24) is 9.97 Å². The third-order valence-electron chi connectivity index (χ3n) is 3.98. The predicted octanol–water partition coefficient (Wildman–Crippen LogP) is 4.35. The minimum Gasteiger partial charge on any atom is -0.342 e. The summed E-state index contributed by atoms with van der Waals surface area (Å²) < 4.78 is 0. The van der Waals surface area contributed by atoms with Crippen LogP contribution >= 0.6 is 0 Å². The van der Waals surface area contributed by atoms with E-state index in [0.29, 0.717) is 11.3 Å². The van der Waals surface area contributed by atoms with E-state index in [1.807, 2.05) is 0 Å². The maximum Gasteiger partial charge on any atom is 0.107 e. The van der Waals surface area contributed by atoms with Crippen molar-refractivity contribution in [3.63, 3.8) is 0 Å². The fourth-order valence-corrected chi connectivity index (χ4v) is 2.02. The SMILES string of the molecule is CCc1ccc2nc(CC(C)C(C)(C)C)[nH]c2c1. The zero-order chi connectivity index (χ0) is 13.3. The topological polar surface area (TPSA) is 28.7 Å². The van der Waals surface area contributed by atoms with Gasteiger partial charge in [0.15, 0.2) is 0 Å². The lowest BCUT2D eigenvalue weighted by atomic mass is 9.80. The molecule has 1 aromatic heterocycles. The monoisotopic (exact) mass is 244 g/mol. The highest BCUT2D eigenvalue weighted by Crippen LogP contribution is 2.28. The molecule has 18 heavy (non-hydrogen) atoms. The van der Waals surface area contributed by atoms with Crippen molar-refractivity contribution >= 4 is 11.0 Å². The second kappa shape index (κ2) is 4.75. The van der Waals surface area contributed by atoms with Gasteiger partial charge in [0.05, 0.1) is 11.0 Å². The lowest BCUT2D eigenvalue weighted by molar-refractivity contribution is 0.257. The van der Waals surface area contributed by atoms with Gasteiger partial charge in [-0.2, -0.15) is 0 Å². The van der Waals surface area contributed by atoms with Crippen LogP contribution in [-0.2, 0) is 12.8 Å². The van der Waals surface area contributed by atoms with Crippen molar-refractivity contribution in [2.24, 2.45) is 11.3 Å². The molecule has 1 unspecified atom stereocenters. The van der Waals surface area contributed by atoms with Gasteiger partial charge < -0.3 is 4.98 Å². The highest BCUT2D eigenvalue weighted by Gasteiger charge is 2.21. The molecule has 2 aromatic rings. The van der Waals surface area contributed by atoms with E-state index >= 15 is 0 Å². The number of nitrogens with one attached hydrogen (secondary N) is 1. The molecule has 98 valence electrons. The molecule has 1 aromatic carbocycles. The van der Waals surface area contributed by atoms with Crippen molar-refractivity contribution in [3.05, 3.63) is 29.6 Å². The molecule has 2 heteroatoms. The fraction of sp³-hybridized carbons (Fsp3) is 0.562. The van der Waals surface area contributed by atoms with Crippen LogP contribution in [0, 0.1) is 11.3 Å². The van der Waals surface area contributed by atoms with Crippen molar-refractivity contribution in [2.75, 3.05) is 0 Å². The number of fused-ring (bicyclic) bond motifs is 1. The minimum atomic E-state index is 0.327. The molecule has 2 nitrogen and oxygen atoms in total. The largest absolute Gasteiger partial charge is 0.342 e. The highest BCUT2D eigenvalue weighted by molar-refractivity contribution is 5.75. The summed E-state index contributed by atoms with van der Waals surface area (Å²) in [6.45, 7) is 11.3. The molecule has 0 saturated carbocycles. The van der Waals surface area contributed by atoms with Crippen molar-refractivity contribution in [3.8, 4) is 0 Å². The second-order valence-corrected chi connectivity index (χ2v) is 6.36. The Labute approximate surface area is 110 Å². The second-order valence-electron chi connectivity index (χ2n) is 6.36. The summed E-state index contributed by atoms with van der Waals surface area (Å²) >= 11 is 0. The van der Waals surface area contributed by atoms with E-state index < -0.39 is 0 Å². The van der Waals surface area contributed by atoms with E-state index in [-0.39, 0.29) is 0 Å². The number of aromatic nitrogens is 2. The van der Waals surface area contributed by atoms with Crippen LogP contribution in [0.2, 0.25) is 0 Å². The summed E-state index contributed by atoms with van der Waals surface area (Å²) in [5, 5.41) is 0. The number of nitrogens with zero attached hydrogens (tertiary/aromatic N) is 1. The number of aryl methyl sites for hydroxylation is 1. The van der Waals surface area contributed by atoms with Crippen LogP contribution in [0.3, 0.4) is 0 Å². The Morgan fingerprint density at radius 1 is 1.28 bits per heavy atom. The quantitative estimate of drug-likeness (QED) is 0.854. The maximum atomic E-state index is 4.69. The molecule has 0 aliphatic heterocycles. The molecule has 0 spiro atoms. The van der Waals surface area contributed by atoms with E-state index in [4.69, 9.17) is 0 Å². The summed E-state index contributed by atoms with van der Waals surface area (Å²) in [6.07, 6.45) is 2.09. The Bertz CT molecular complexity index is 532. The van der Waals surface area contributed by atoms with E-state index in [1.165, 1.54) is 11.1 Å². The Balaban J connectivity index is 2.25. The normalized spacial score (nSPS) is 14.1. The highest BCUT2D eigenvalue weighted by atomic mass is 14.9. The lowest BCUT2D eigenvalue weighted by Crippen LogP contribution is -2.19. The van der Waals surface area contributed by atoms with E-state index in [0.717, 1.165) is 24.2 Å². The summed E-state index contributed by atoms with van der Waals surface area (Å²) in [7, 11) is 0. The van der Waals surface area contributed by atoms with E-state index in [9.17, 15) is 0 Å². The van der Waals surface area contributed by atoms with Crippen LogP contribution in [0.5, 0.6) is 0 Å². The zero-order valence-electron chi connectivity index (χ0n) is 12.2. The average Bonchev–Trinajstić information content (AvgIpc) is 2.68. The zero-order valence-corrected chi connectivity index (χ0v) is 12.2. The first kappa shape index (κ1) is 13.1. The fourth-order valence-electron chi connectivity index (χ4n) is 2.02. The lowest BCUT2D eigenvalue weighted by Gasteiger charge is -2.26. The maximum absolute atomic E-state index is 4.69. The molecule has 0 aliphatic rings. The van der Waals surface area contributed by atoms with Gasteiger partial charge in [0.25, 0.3) is 0 Å². The molecule has 1 atom stereocenters.